The van der Waals surface area contributed by atoms with E-state index < -0.39 is 0 Å². The van der Waals surface area contributed by atoms with Gasteiger partial charge in [0.2, 0.25) is 0 Å². The van der Waals surface area contributed by atoms with E-state index in [-0.39, 0.29) is 5.56 Å². The zero-order chi connectivity index (χ0) is 11.5. The first-order valence-corrected chi connectivity index (χ1v) is 5.74. The highest BCUT2D eigenvalue weighted by molar-refractivity contribution is 9.10. The highest BCUT2D eigenvalue weighted by Gasteiger charge is 2.02. The highest BCUT2D eigenvalue weighted by atomic mass is 79.9. The van der Waals surface area contributed by atoms with Crippen molar-refractivity contribution in [1.29, 1.82) is 0 Å². The lowest BCUT2D eigenvalue weighted by Gasteiger charge is -2.08. The molecule has 0 fully saturated rings. The molecule has 3 heteroatoms. The van der Waals surface area contributed by atoms with E-state index in [9.17, 15) is 4.79 Å². The molecule has 0 radical (unpaired) electrons. The summed E-state index contributed by atoms with van der Waals surface area (Å²) in [5.41, 5.74) is 0.913. The minimum atomic E-state index is -0.00919. The lowest BCUT2D eigenvalue weighted by Crippen LogP contribution is -2.19. The third-order valence-corrected chi connectivity index (χ3v) is 2.92. The van der Waals surface area contributed by atoms with Crippen molar-refractivity contribution in [3.8, 4) is 12.3 Å². The predicted molar refractivity (Wildman–Crippen MR) is 69.4 cm³/mol. The van der Waals surface area contributed by atoms with Gasteiger partial charge < -0.3 is 4.57 Å². The van der Waals surface area contributed by atoms with Crippen LogP contribution in [0.15, 0.2) is 39.6 Å². The molecule has 2 rings (SSSR count). The van der Waals surface area contributed by atoms with Gasteiger partial charge in [-0.2, -0.15) is 0 Å². The summed E-state index contributed by atoms with van der Waals surface area (Å²) in [7, 11) is 0. The van der Waals surface area contributed by atoms with Crippen molar-refractivity contribution in [3.05, 3.63) is 45.2 Å². The number of terminal acetylenes is 1. The molecule has 0 N–H and O–H groups in total. The van der Waals surface area contributed by atoms with E-state index in [0.717, 1.165) is 15.4 Å². The monoisotopic (exact) mass is 275 g/mol. The Morgan fingerprint density at radius 2 is 2.12 bits per heavy atom. The molecule has 0 aliphatic carbocycles. The maximum Gasteiger partial charge on any atom is 0.251 e. The first kappa shape index (κ1) is 11.0. The summed E-state index contributed by atoms with van der Waals surface area (Å²) >= 11 is 3.41. The first-order valence-electron chi connectivity index (χ1n) is 4.95. The summed E-state index contributed by atoms with van der Waals surface area (Å²) < 4.78 is 2.71. The molecule has 0 atom stereocenters. The van der Waals surface area contributed by atoms with E-state index in [2.05, 4.69) is 21.9 Å². The number of benzene rings is 1. The molecule has 0 saturated carbocycles. The number of hydrogen-bond acceptors (Lipinski definition) is 1. The Morgan fingerprint density at radius 1 is 1.31 bits per heavy atom. The van der Waals surface area contributed by atoms with Crippen LogP contribution in [0.2, 0.25) is 0 Å². The minimum absolute atomic E-state index is 0.00919. The third kappa shape index (κ3) is 2.02. The molecule has 80 valence electrons. The van der Waals surface area contributed by atoms with E-state index in [0.29, 0.717) is 13.0 Å². The molecular formula is C13H10BrNO. The standard InChI is InChI=1S/C13H10BrNO/c1-2-3-8-15-12-6-5-11(14)9-10(12)4-7-13(15)16/h1,4-7,9H,3,8H2. The van der Waals surface area contributed by atoms with Crippen LogP contribution in [0.4, 0.5) is 0 Å². The van der Waals surface area contributed by atoms with Crippen LogP contribution in [0.1, 0.15) is 6.42 Å². The molecule has 2 nitrogen and oxygen atoms in total. The molecule has 16 heavy (non-hydrogen) atoms. The Kier molecular flexibility index (Phi) is 3.12. The Bertz CT molecular complexity index is 622. The van der Waals surface area contributed by atoms with Crippen molar-refractivity contribution in [1.82, 2.24) is 4.57 Å². The van der Waals surface area contributed by atoms with Gasteiger partial charge in [0.25, 0.3) is 5.56 Å². The van der Waals surface area contributed by atoms with Crippen molar-refractivity contribution in [2.75, 3.05) is 0 Å². The molecule has 2 aromatic rings. The van der Waals surface area contributed by atoms with E-state index in [1.807, 2.05) is 24.3 Å². The normalized spacial score (nSPS) is 10.2. The Balaban J connectivity index is 2.66. The number of aromatic nitrogens is 1. The first-order chi connectivity index (χ1) is 7.72. The Hall–Kier alpha value is -1.53. The van der Waals surface area contributed by atoms with Crippen LogP contribution in [0, 0.1) is 12.3 Å². The molecule has 0 saturated heterocycles. The van der Waals surface area contributed by atoms with Gasteiger partial charge in [0, 0.05) is 23.5 Å². The lowest BCUT2D eigenvalue weighted by molar-refractivity contribution is 0.718. The molecule has 0 bridgehead atoms. The molecule has 0 unspecified atom stereocenters. The zero-order valence-electron chi connectivity index (χ0n) is 8.61. The fraction of sp³-hybridized carbons (Fsp3) is 0.154. The summed E-state index contributed by atoms with van der Waals surface area (Å²) in [6.45, 7) is 0.564. The van der Waals surface area contributed by atoms with E-state index in [1.54, 1.807) is 10.6 Å². The van der Waals surface area contributed by atoms with Crippen LogP contribution in [0.25, 0.3) is 10.9 Å². The number of fused-ring (bicyclic) bond motifs is 1. The van der Waals surface area contributed by atoms with E-state index in [4.69, 9.17) is 6.42 Å². The van der Waals surface area contributed by atoms with Gasteiger partial charge in [0.1, 0.15) is 0 Å². The maximum atomic E-state index is 11.7. The van der Waals surface area contributed by atoms with Gasteiger partial charge in [0.05, 0.1) is 5.52 Å². The highest BCUT2D eigenvalue weighted by Crippen LogP contribution is 2.18. The topological polar surface area (TPSA) is 22.0 Å². The summed E-state index contributed by atoms with van der Waals surface area (Å²) in [5, 5.41) is 1.03. The predicted octanol–water partition coefficient (Wildman–Crippen LogP) is 2.79. The molecule has 0 aliphatic rings. The van der Waals surface area contributed by atoms with Gasteiger partial charge in [-0.3, -0.25) is 4.79 Å². The van der Waals surface area contributed by atoms with Crippen LogP contribution in [0.5, 0.6) is 0 Å². The average Bonchev–Trinajstić information content (AvgIpc) is 2.28. The summed E-state index contributed by atoms with van der Waals surface area (Å²) in [4.78, 5) is 11.7. The van der Waals surface area contributed by atoms with Crippen LogP contribution in [-0.4, -0.2) is 4.57 Å². The fourth-order valence-electron chi connectivity index (χ4n) is 1.68. The fourth-order valence-corrected chi connectivity index (χ4v) is 2.06. The van der Waals surface area contributed by atoms with Crippen molar-refractivity contribution >= 4 is 26.8 Å². The van der Waals surface area contributed by atoms with Gasteiger partial charge in [-0.05, 0) is 29.7 Å². The molecule has 0 amide bonds. The number of rotatable bonds is 2. The van der Waals surface area contributed by atoms with Crippen molar-refractivity contribution < 1.29 is 0 Å². The minimum Gasteiger partial charge on any atom is -0.307 e. The third-order valence-electron chi connectivity index (χ3n) is 2.43. The maximum absolute atomic E-state index is 11.7. The molecule has 1 aromatic heterocycles. The Morgan fingerprint density at radius 3 is 2.88 bits per heavy atom. The summed E-state index contributed by atoms with van der Waals surface area (Å²) in [6.07, 6.45) is 5.79. The SMILES string of the molecule is C#CCCn1c(=O)ccc2cc(Br)ccc21. The van der Waals surface area contributed by atoms with Crippen LogP contribution in [0.3, 0.4) is 0 Å². The number of aryl methyl sites for hydroxylation is 1. The van der Waals surface area contributed by atoms with Crippen molar-refractivity contribution in [2.24, 2.45) is 0 Å². The second-order valence-electron chi connectivity index (χ2n) is 3.48. The number of halogens is 1. The van der Waals surface area contributed by atoms with E-state index in [1.165, 1.54) is 0 Å². The van der Waals surface area contributed by atoms with Crippen LogP contribution < -0.4 is 5.56 Å². The zero-order valence-corrected chi connectivity index (χ0v) is 10.2. The van der Waals surface area contributed by atoms with E-state index >= 15 is 0 Å². The molecule has 0 aliphatic heterocycles. The smallest absolute Gasteiger partial charge is 0.251 e. The molecular weight excluding hydrogens is 266 g/mol. The number of pyridine rings is 1. The number of hydrogen-bond donors (Lipinski definition) is 0. The van der Waals surface area contributed by atoms with Gasteiger partial charge in [-0.25, -0.2) is 0 Å². The van der Waals surface area contributed by atoms with Crippen molar-refractivity contribution in [2.45, 2.75) is 13.0 Å². The molecule has 1 aromatic carbocycles. The summed E-state index contributed by atoms with van der Waals surface area (Å²) in [6, 6.07) is 9.24. The molecule has 0 spiro atoms. The van der Waals surface area contributed by atoms with Crippen molar-refractivity contribution in [3.63, 3.8) is 0 Å². The Labute approximate surface area is 102 Å². The average molecular weight is 276 g/mol. The summed E-state index contributed by atoms with van der Waals surface area (Å²) in [5.74, 6) is 2.55. The van der Waals surface area contributed by atoms with Crippen LogP contribution in [-0.2, 0) is 6.54 Å². The van der Waals surface area contributed by atoms with Gasteiger partial charge >= 0.3 is 0 Å². The van der Waals surface area contributed by atoms with Gasteiger partial charge in [-0.15, -0.1) is 12.3 Å². The lowest BCUT2D eigenvalue weighted by atomic mass is 10.2. The molecule has 1 heterocycles. The largest absolute Gasteiger partial charge is 0.307 e. The van der Waals surface area contributed by atoms with Gasteiger partial charge in [-0.1, -0.05) is 15.9 Å². The second-order valence-corrected chi connectivity index (χ2v) is 4.40. The quantitative estimate of drug-likeness (QED) is 0.773. The van der Waals surface area contributed by atoms with Gasteiger partial charge in [0.15, 0.2) is 0 Å². The second kappa shape index (κ2) is 4.54. The number of nitrogens with zero attached hydrogens (tertiary/aromatic N) is 1. The van der Waals surface area contributed by atoms with Crippen LogP contribution >= 0.6 is 15.9 Å².